The smallest absolute Gasteiger partial charge is 0.408 e. The lowest BCUT2D eigenvalue weighted by molar-refractivity contribution is -0.142. The molecule has 1 aromatic carbocycles. The van der Waals surface area contributed by atoms with Gasteiger partial charge in [-0.1, -0.05) is 12.1 Å². The highest BCUT2D eigenvalue weighted by atomic mass is 19.1. The third-order valence-electron chi connectivity index (χ3n) is 2.77. The predicted molar refractivity (Wildman–Crippen MR) is 75.3 cm³/mol. The van der Waals surface area contributed by atoms with Crippen molar-refractivity contribution >= 4 is 12.1 Å². The molecule has 6 heteroatoms. The molecule has 0 aromatic heterocycles. The van der Waals surface area contributed by atoms with Crippen LogP contribution >= 0.6 is 0 Å². The fraction of sp³-hybridized carbons (Fsp3) is 0.467. The number of rotatable bonds is 4. The quantitative estimate of drug-likeness (QED) is 0.895. The summed E-state index contributed by atoms with van der Waals surface area (Å²) in [6, 6.07) is 4.59. The molecule has 1 rings (SSSR count). The van der Waals surface area contributed by atoms with Crippen molar-refractivity contribution in [2.24, 2.45) is 5.92 Å². The van der Waals surface area contributed by atoms with E-state index in [1.807, 2.05) is 0 Å². The van der Waals surface area contributed by atoms with Gasteiger partial charge in [0.25, 0.3) is 0 Å². The van der Waals surface area contributed by atoms with Crippen molar-refractivity contribution in [2.75, 3.05) is 0 Å². The summed E-state index contributed by atoms with van der Waals surface area (Å²) in [5, 5.41) is 11.6. The first-order valence-corrected chi connectivity index (χ1v) is 6.58. The molecule has 0 bridgehead atoms. The van der Waals surface area contributed by atoms with Gasteiger partial charge in [-0.05, 0) is 45.4 Å². The number of hydrogen-bond acceptors (Lipinski definition) is 3. The summed E-state index contributed by atoms with van der Waals surface area (Å²) in [5.74, 6) is -2.53. The van der Waals surface area contributed by atoms with Gasteiger partial charge in [0.2, 0.25) is 0 Å². The minimum Gasteiger partial charge on any atom is -0.481 e. The average Bonchev–Trinajstić information content (AvgIpc) is 2.32. The largest absolute Gasteiger partial charge is 0.481 e. The molecular weight excluding hydrogens is 277 g/mol. The highest BCUT2D eigenvalue weighted by molar-refractivity contribution is 5.74. The maximum atomic E-state index is 13.3. The third kappa shape index (κ3) is 5.41. The Morgan fingerprint density at radius 2 is 1.95 bits per heavy atom. The number of carboxylic acids is 1. The Labute approximate surface area is 123 Å². The van der Waals surface area contributed by atoms with Crippen molar-refractivity contribution < 1.29 is 23.8 Å². The molecule has 0 radical (unpaired) electrons. The van der Waals surface area contributed by atoms with Crippen LogP contribution in [-0.2, 0) is 9.53 Å². The lowest BCUT2D eigenvalue weighted by Gasteiger charge is -2.26. The van der Waals surface area contributed by atoms with Crippen molar-refractivity contribution in [3.63, 3.8) is 0 Å². The summed E-state index contributed by atoms with van der Waals surface area (Å²) in [6.45, 7) is 6.54. The van der Waals surface area contributed by atoms with E-state index in [1.54, 1.807) is 26.8 Å². The minimum atomic E-state index is -1.10. The number of alkyl carbamates (subject to hydrolysis) is 1. The number of aliphatic carboxylic acids is 1. The highest BCUT2D eigenvalue weighted by Gasteiger charge is 2.29. The Morgan fingerprint density at radius 3 is 2.43 bits per heavy atom. The molecule has 0 aliphatic carbocycles. The van der Waals surface area contributed by atoms with Crippen molar-refractivity contribution in [3.05, 3.63) is 35.6 Å². The van der Waals surface area contributed by atoms with E-state index in [0.717, 1.165) is 0 Å². The molecule has 0 saturated heterocycles. The Morgan fingerprint density at radius 1 is 1.33 bits per heavy atom. The molecule has 0 aliphatic rings. The van der Waals surface area contributed by atoms with E-state index in [4.69, 9.17) is 9.84 Å². The topological polar surface area (TPSA) is 75.6 Å². The molecular formula is C15H20FNO4. The van der Waals surface area contributed by atoms with Crippen LogP contribution < -0.4 is 5.32 Å². The van der Waals surface area contributed by atoms with Crippen LogP contribution in [0.2, 0.25) is 0 Å². The number of halogens is 1. The van der Waals surface area contributed by atoms with Crippen LogP contribution in [0.1, 0.15) is 39.3 Å². The third-order valence-corrected chi connectivity index (χ3v) is 2.77. The monoisotopic (exact) mass is 297 g/mol. The predicted octanol–water partition coefficient (Wildman–Crippen LogP) is 3.11. The van der Waals surface area contributed by atoms with Gasteiger partial charge < -0.3 is 15.2 Å². The second kappa shape index (κ2) is 6.56. The first-order chi connectivity index (χ1) is 9.60. The van der Waals surface area contributed by atoms with E-state index >= 15 is 0 Å². The summed E-state index contributed by atoms with van der Waals surface area (Å²) < 4.78 is 18.4. The Hall–Kier alpha value is -2.11. The lowest BCUT2D eigenvalue weighted by Crippen LogP contribution is -2.39. The van der Waals surface area contributed by atoms with E-state index in [-0.39, 0.29) is 0 Å². The molecule has 0 aliphatic heterocycles. The number of nitrogens with one attached hydrogen (secondary N) is 1. The average molecular weight is 297 g/mol. The van der Waals surface area contributed by atoms with Crippen LogP contribution in [0.3, 0.4) is 0 Å². The van der Waals surface area contributed by atoms with Crippen LogP contribution in [-0.4, -0.2) is 22.8 Å². The second-order valence-corrected chi connectivity index (χ2v) is 5.81. The first-order valence-electron chi connectivity index (χ1n) is 6.58. The van der Waals surface area contributed by atoms with Gasteiger partial charge in [0.05, 0.1) is 12.0 Å². The van der Waals surface area contributed by atoms with E-state index in [9.17, 15) is 14.0 Å². The molecule has 1 amide bonds. The second-order valence-electron chi connectivity index (χ2n) is 5.81. The molecule has 5 nitrogen and oxygen atoms in total. The zero-order valence-corrected chi connectivity index (χ0v) is 12.5. The maximum Gasteiger partial charge on any atom is 0.408 e. The van der Waals surface area contributed by atoms with Gasteiger partial charge in [-0.25, -0.2) is 9.18 Å². The van der Waals surface area contributed by atoms with Crippen LogP contribution in [0, 0.1) is 11.7 Å². The van der Waals surface area contributed by atoms with Crippen LogP contribution in [0.4, 0.5) is 9.18 Å². The molecule has 21 heavy (non-hydrogen) atoms. The molecule has 1 unspecified atom stereocenters. The van der Waals surface area contributed by atoms with E-state index in [0.29, 0.717) is 5.56 Å². The van der Waals surface area contributed by atoms with Gasteiger partial charge in [0.1, 0.15) is 11.4 Å². The van der Waals surface area contributed by atoms with Gasteiger partial charge >= 0.3 is 12.1 Å². The first kappa shape index (κ1) is 16.9. The molecule has 0 saturated carbocycles. The standard InChI is InChI=1S/C15H20FNO4/c1-9(13(18)19)12(10-6-5-7-11(16)8-10)17-14(20)21-15(2,3)4/h5-9,12H,1-4H3,(H,17,20)(H,18,19)/t9?,12-/m0/s1. The van der Waals surface area contributed by atoms with Gasteiger partial charge in [0.15, 0.2) is 0 Å². The Bertz CT molecular complexity index is 525. The molecule has 116 valence electrons. The Kier molecular flexibility index (Phi) is 5.29. The van der Waals surface area contributed by atoms with Crippen LogP contribution in [0.5, 0.6) is 0 Å². The SMILES string of the molecule is CC(C(=O)O)[C@H](NC(=O)OC(C)(C)C)c1cccc(F)c1. The molecule has 2 atom stereocenters. The number of carbonyl (C=O) groups excluding carboxylic acids is 1. The minimum absolute atomic E-state index is 0.371. The molecule has 0 fully saturated rings. The molecule has 0 heterocycles. The number of hydrogen-bond donors (Lipinski definition) is 2. The lowest BCUT2D eigenvalue weighted by atomic mass is 9.94. The normalized spacial score (nSPS) is 14.1. The number of benzene rings is 1. The Balaban J connectivity index is 2.99. The van der Waals surface area contributed by atoms with Gasteiger partial charge in [-0.2, -0.15) is 0 Å². The summed E-state index contributed by atoms with van der Waals surface area (Å²) in [4.78, 5) is 23.0. The van der Waals surface area contributed by atoms with Crippen LogP contribution in [0.25, 0.3) is 0 Å². The van der Waals surface area contributed by atoms with Crippen molar-refractivity contribution in [1.29, 1.82) is 0 Å². The van der Waals surface area contributed by atoms with Crippen molar-refractivity contribution in [1.82, 2.24) is 5.32 Å². The maximum absolute atomic E-state index is 13.3. The number of carboxylic acid groups (broad SMARTS) is 1. The summed E-state index contributed by atoms with van der Waals surface area (Å²) in [7, 11) is 0. The van der Waals surface area contributed by atoms with Crippen LogP contribution in [0.15, 0.2) is 24.3 Å². The summed E-state index contributed by atoms with van der Waals surface area (Å²) in [5.41, 5.74) is -0.334. The highest BCUT2D eigenvalue weighted by Crippen LogP contribution is 2.23. The number of ether oxygens (including phenoxy) is 1. The van der Waals surface area contributed by atoms with Gasteiger partial charge in [-0.3, -0.25) is 4.79 Å². The number of carbonyl (C=O) groups is 2. The fourth-order valence-electron chi connectivity index (χ4n) is 1.77. The van der Waals surface area contributed by atoms with Gasteiger partial charge in [0, 0.05) is 0 Å². The zero-order valence-electron chi connectivity index (χ0n) is 12.5. The molecule has 2 N–H and O–H groups in total. The number of amides is 1. The van der Waals surface area contributed by atoms with E-state index in [2.05, 4.69) is 5.32 Å². The summed E-state index contributed by atoms with van der Waals surface area (Å²) in [6.07, 6.45) is -0.745. The molecule has 0 spiro atoms. The summed E-state index contributed by atoms with van der Waals surface area (Å²) >= 11 is 0. The van der Waals surface area contributed by atoms with Crippen molar-refractivity contribution in [2.45, 2.75) is 39.3 Å². The van der Waals surface area contributed by atoms with Crippen molar-refractivity contribution in [3.8, 4) is 0 Å². The molecule has 1 aromatic rings. The van der Waals surface area contributed by atoms with E-state index in [1.165, 1.54) is 25.1 Å². The fourth-order valence-corrected chi connectivity index (χ4v) is 1.77. The van der Waals surface area contributed by atoms with E-state index < -0.39 is 35.4 Å². The van der Waals surface area contributed by atoms with Gasteiger partial charge in [-0.15, -0.1) is 0 Å². The zero-order chi connectivity index (χ0) is 16.2.